The molecule has 2 unspecified atom stereocenters. The van der Waals surface area contributed by atoms with Crippen LogP contribution < -0.4 is 10.6 Å². The molecule has 1 saturated heterocycles. The first kappa shape index (κ1) is 11.0. The van der Waals surface area contributed by atoms with Gasteiger partial charge in [0, 0.05) is 23.8 Å². The first-order chi connectivity index (χ1) is 8.13. The normalized spacial score (nSPS) is 26.5. The number of thiocarbonyl (C=S) groups is 1. The monoisotopic (exact) mass is 247 g/mol. The zero-order valence-electron chi connectivity index (χ0n) is 10.0. The van der Waals surface area contributed by atoms with Crippen LogP contribution >= 0.6 is 12.2 Å². The largest absolute Gasteiger partial charge is 0.389 e. The van der Waals surface area contributed by atoms with Crippen molar-refractivity contribution in [1.82, 2.24) is 4.98 Å². The van der Waals surface area contributed by atoms with Crippen molar-refractivity contribution >= 4 is 23.0 Å². The van der Waals surface area contributed by atoms with Gasteiger partial charge in [-0.25, -0.2) is 4.98 Å². The van der Waals surface area contributed by atoms with Gasteiger partial charge in [0.05, 0.1) is 0 Å². The summed E-state index contributed by atoms with van der Waals surface area (Å²) in [5.74, 6) is 1.93. The van der Waals surface area contributed by atoms with Crippen molar-refractivity contribution < 1.29 is 0 Å². The van der Waals surface area contributed by atoms with Gasteiger partial charge in [0.25, 0.3) is 0 Å². The molecule has 1 aliphatic heterocycles. The summed E-state index contributed by atoms with van der Waals surface area (Å²) in [6.45, 7) is 3.15. The van der Waals surface area contributed by atoms with Crippen molar-refractivity contribution in [2.45, 2.75) is 32.2 Å². The van der Waals surface area contributed by atoms with Gasteiger partial charge in [0.15, 0.2) is 0 Å². The minimum atomic E-state index is 0.459. The summed E-state index contributed by atoms with van der Waals surface area (Å²) in [6.07, 6.45) is 4.02. The third-order valence-electron chi connectivity index (χ3n) is 3.93. The van der Waals surface area contributed by atoms with Gasteiger partial charge >= 0.3 is 0 Å². The highest BCUT2D eigenvalue weighted by atomic mass is 32.1. The number of nitrogens with zero attached hydrogens (tertiary/aromatic N) is 2. The lowest BCUT2D eigenvalue weighted by molar-refractivity contribution is 0.550. The second-order valence-corrected chi connectivity index (χ2v) is 5.64. The number of rotatable bonds is 2. The van der Waals surface area contributed by atoms with Gasteiger partial charge in [-0.15, -0.1) is 0 Å². The molecule has 0 aromatic carbocycles. The SMILES string of the molecule is Cc1cc(C(N)=S)cc(N2CC3CCC2C3)n1. The molecular formula is C13H17N3S. The van der Waals surface area contributed by atoms with Crippen LogP contribution in [0.1, 0.15) is 30.5 Å². The quantitative estimate of drug-likeness (QED) is 0.812. The lowest BCUT2D eigenvalue weighted by Gasteiger charge is -2.28. The van der Waals surface area contributed by atoms with Crippen LogP contribution in [0.25, 0.3) is 0 Å². The molecule has 1 aromatic rings. The molecule has 2 bridgehead atoms. The van der Waals surface area contributed by atoms with Crippen LogP contribution in [0.2, 0.25) is 0 Å². The molecule has 2 atom stereocenters. The summed E-state index contributed by atoms with van der Waals surface area (Å²) in [5, 5.41) is 0. The fourth-order valence-electron chi connectivity index (χ4n) is 3.15. The molecule has 0 amide bonds. The van der Waals surface area contributed by atoms with E-state index >= 15 is 0 Å². The molecule has 3 nitrogen and oxygen atoms in total. The Bertz CT molecular complexity index is 472. The van der Waals surface area contributed by atoms with E-state index in [0.29, 0.717) is 11.0 Å². The first-order valence-electron chi connectivity index (χ1n) is 6.18. The number of piperidine rings is 1. The van der Waals surface area contributed by atoms with E-state index in [4.69, 9.17) is 18.0 Å². The van der Waals surface area contributed by atoms with Crippen molar-refractivity contribution in [2.75, 3.05) is 11.4 Å². The van der Waals surface area contributed by atoms with Crippen molar-refractivity contribution in [3.8, 4) is 0 Å². The van der Waals surface area contributed by atoms with Crippen molar-refractivity contribution in [1.29, 1.82) is 0 Å². The summed E-state index contributed by atoms with van der Waals surface area (Å²) in [7, 11) is 0. The van der Waals surface area contributed by atoms with Gasteiger partial charge in [-0.2, -0.15) is 0 Å². The number of hydrogen-bond acceptors (Lipinski definition) is 3. The van der Waals surface area contributed by atoms with Crippen molar-refractivity contribution in [3.05, 3.63) is 23.4 Å². The molecule has 1 aromatic heterocycles. The average Bonchev–Trinajstić information content (AvgIpc) is 2.89. The Hall–Kier alpha value is -1.16. The molecule has 90 valence electrons. The Morgan fingerprint density at radius 3 is 2.88 bits per heavy atom. The second kappa shape index (κ2) is 3.95. The van der Waals surface area contributed by atoms with Gasteiger partial charge < -0.3 is 10.6 Å². The van der Waals surface area contributed by atoms with Crippen LogP contribution in [0.4, 0.5) is 5.82 Å². The summed E-state index contributed by atoms with van der Waals surface area (Å²) in [5.41, 5.74) is 7.64. The Balaban J connectivity index is 1.95. The van der Waals surface area contributed by atoms with Gasteiger partial charge in [-0.1, -0.05) is 12.2 Å². The minimum Gasteiger partial charge on any atom is -0.389 e. The molecule has 1 saturated carbocycles. The summed E-state index contributed by atoms with van der Waals surface area (Å²) >= 11 is 5.05. The van der Waals surface area contributed by atoms with Gasteiger partial charge in [-0.3, -0.25) is 0 Å². The molecule has 2 heterocycles. The van der Waals surface area contributed by atoms with E-state index in [1.807, 2.05) is 19.1 Å². The molecular weight excluding hydrogens is 230 g/mol. The number of nitrogens with two attached hydrogens (primary N) is 1. The minimum absolute atomic E-state index is 0.459. The van der Waals surface area contributed by atoms with E-state index < -0.39 is 0 Å². The third kappa shape index (κ3) is 1.90. The number of pyridine rings is 1. The van der Waals surface area contributed by atoms with Crippen LogP contribution in [-0.4, -0.2) is 22.6 Å². The zero-order chi connectivity index (χ0) is 12.0. The molecule has 2 N–H and O–H groups in total. The maximum atomic E-state index is 5.71. The standard InChI is InChI=1S/C13H17N3S/c1-8-4-10(13(14)17)6-12(15-8)16-7-9-2-3-11(16)5-9/h4,6,9,11H,2-3,5,7H2,1H3,(H2,14,17). The Kier molecular flexibility index (Phi) is 2.54. The molecule has 4 heteroatoms. The lowest BCUT2D eigenvalue weighted by Crippen LogP contribution is -2.33. The summed E-state index contributed by atoms with van der Waals surface area (Å²) in [6, 6.07) is 4.68. The second-order valence-electron chi connectivity index (χ2n) is 5.20. The lowest BCUT2D eigenvalue weighted by atomic mass is 10.1. The van der Waals surface area contributed by atoms with Gasteiger partial charge in [0.2, 0.25) is 0 Å². The molecule has 2 aliphatic rings. The van der Waals surface area contributed by atoms with Crippen LogP contribution in [-0.2, 0) is 0 Å². The van der Waals surface area contributed by atoms with E-state index in [9.17, 15) is 0 Å². The van der Waals surface area contributed by atoms with Crippen molar-refractivity contribution in [3.63, 3.8) is 0 Å². The smallest absolute Gasteiger partial charge is 0.129 e. The molecule has 1 aliphatic carbocycles. The van der Waals surface area contributed by atoms with Crippen LogP contribution in [0.3, 0.4) is 0 Å². The summed E-state index contributed by atoms with van der Waals surface area (Å²) in [4.78, 5) is 7.52. The number of fused-ring (bicyclic) bond motifs is 2. The summed E-state index contributed by atoms with van der Waals surface area (Å²) < 4.78 is 0. The topological polar surface area (TPSA) is 42.1 Å². The van der Waals surface area contributed by atoms with Crippen LogP contribution in [0, 0.1) is 12.8 Å². The molecule has 0 spiro atoms. The first-order valence-corrected chi connectivity index (χ1v) is 6.59. The van der Waals surface area contributed by atoms with Crippen LogP contribution in [0.15, 0.2) is 12.1 Å². The average molecular weight is 247 g/mol. The fourth-order valence-corrected chi connectivity index (χ4v) is 3.26. The zero-order valence-corrected chi connectivity index (χ0v) is 10.8. The maximum Gasteiger partial charge on any atom is 0.129 e. The van der Waals surface area contributed by atoms with E-state index in [2.05, 4.69) is 9.88 Å². The molecule has 3 rings (SSSR count). The van der Waals surface area contributed by atoms with Crippen LogP contribution in [0.5, 0.6) is 0 Å². The van der Waals surface area contributed by atoms with E-state index in [0.717, 1.165) is 29.5 Å². The predicted molar refractivity (Wildman–Crippen MR) is 73.3 cm³/mol. The third-order valence-corrected chi connectivity index (χ3v) is 4.16. The van der Waals surface area contributed by atoms with E-state index in [-0.39, 0.29) is 0 Å². The maximum absolute atomic E-state index is 5.71. The van der Waals surface area contributed by atoms with Gasteiger partial charge in [0.1, 0.15) is 10.8 Å². The molecule has 0 radical (unpaired) electrons. The molecule has 17 heavy (non-hydrogen) atoms. The number of aryl methyl sites for hydroxylation is 1. The van der Waals surface area contributed by atoms with Crippen molar-refractivity contribution in [2.24, 2.45) is 11.7 Å². The Labute approximate surface area is 107 Å². The highest BCUT2D eigenvalue weighted by Crippen LogP contribution is 2.39. The number of anilines is 1. The highest BCUT2D eigenvalue weighted by molar-refractivity contribution is 7.80. The fraction of sp³-hybridized carbons (Fsp3) is 0.538. The Morgan fingerprint density at radius 1 is 1.47 bits per heavy atom. The van der Waals surface area contributed by atoms with Gasteiger partial charge in [-0.05, 0) is 44.2 Å². The molecule has 2 fully saturated rings. The predicted octanol–water partition coefficient (Wildman–Crippen LogP) is 2.01. The highest BCUT2D eigenvalue weighted by Gasteiger charge is 2.38. The van der Waals surface area contributed by atoms with E-state index in [1.165, 1.54) is 19.3 Å². The number of aromatic nitrogens is 1. The Morgan fingerprint density at radius 2 is 2.29 bits per heavy atom. The van der Waals surface area contributed by atoms with E-state index in [1.54, 1.807) is 0 Å². The number of hydrogen-bond donors (Lipinski definition) is 1.